The Kier molecular flexibility index (Phi) is 11.7. The summed E-state index contributed by atoms with van der Waals surface area (Å²) in [7, 11) is -1.68. The molecule has 14 heteroatoms. The van der Waals surface area contributed by atoms with Crippen LogP contribution < -0.4 is 11.0 Å². The molecule has 1 amide bonds. The molecular formula is C28H37FN5O7P. The monoisotopic (exact) mass is 605 g/mol. The highest BCUT2D eigenvalue weighted by Gasteiger charge is 2.58. The first-order valence-electron chi connectivity index (χ1n) is 13.5. The number of aromatic nitrogens is 2. The van der Waals surface area contributed by atoms with Crippen molar-refractivity contribution in [2.75, 3.05) is 25.1 Å². The van der Waals surface area contributed by atoms with Crippen LogP contribution in [0.1, 0.15) is 58.1 Å². The van der Waals surface area contributed by atoms with Crippen LogP contribution in [0.4, 0.5) is 10.2 Å². The van der Waals surface area contributed by atoms with Crippen molar-refractivity contribution < 1.29 is 32.5 Å². The standard InChI is InChI=1S/C28H37FN5O7P/c1-18(2)34(19(3)4)42(38-16-14-30-7)39-17-22-24(40-20(5)35)28(6,29)26(41-22)33-15-13-23(32-27(33)37)31-25(36)21-11-9-8-10-12-21/h8-13,15,18-19,22,24,26H,14,16-17H2,1-6H3,(H,31,32,36,37). The molecule has 1 aromatic carbocycles. The number of esters is 1. The van der Waals surface area contributed by atoms with Gasteiger partial charge in [-0.2, -0.15) is 4.98 Å². The van der Waals surface area contributed by atoms with E-state index in [9.17, 15) is 14.4 Å². The number of rotatable bonds is 13. The molecule has 12 nitrogen and oxygen atoms in total. The van der Waals surface area contributed by atoms with E-state index in [2.05, 4.69) is 15.1 Å². The number of carbonyl (C=O) groups is 2. The van der Waals surface area contributed by atoms with Crippen molar-refractivity contribution in [3.05, 3.63) is 70.1 Å². The molecule has 3 rings (SSSR count). The van der Waals surface area contributed by atoms with Crippen molar-refractivity contribution in [3.8, 4) is 0 Å². The molecule has 0 saturated carbocycles. The van der Waals surface area contributed by atoms with Gasteiger partial charge in [-0.3, -0.25) is 14.2 Å². The summed E-state index contributed by atoms with van der Waals surface area (Å²) in [6, 6.07) is 9.79. The smallest absolute Gasteiger partial charge is 0.351 e. The highest BCUT2D eigenvalue weighted by Crippen LogP contribution is 2.48. The third kappa shape index (κ3) is 8.18. The normalized spacial score (nSPS) is 22.7. The number of hydrogen-bond donors (Lipinski definition) is 1. The molecule has 1 aromatic heterocycles. The lowest BCUT2D eigenvalue weighted by atomic mass is 9.98. The summed E-state index contributed by atoms with van der Waals surface area (Å²) in [6.07, 6.45) is -2.79. The summed E-state index contributed by atoms with van der Waals surface area (Å²) in [5.74, 6) is -1.22. The van der Waals surface area contributed by atoms with Gasteiger partial charge in [0.2, 0.25) is 6.54 Å². The van der Waals surface area contributed by atoms with E-state index >= 15 is 4.39 Å². The molecule has 5 unspecified atom stereocenters. The second-order valence-corrected chi connectivity index (χ2v) is 11.8. The van der Waals surface area contributed by atoms with Crippen LogP contribution in [0.5, 0.6) is 0 Å². The lowest BCUT2D eigenvalue weighted by Crippen LogP contribution is -2.45. The van der Waals surface area contributed by atoms with Gasteiger partial charge < -0.3 is 28.7 Å². The summed E-state index contributed by atoms with van der Waals surface area (Å²) in [6.45, 7) is 17.3. The van der Waals surface area contributed by atoms with Gasteiger partial charge in [-0.1, -0.05) is 18.2 Å². The van der Waals surface area contributed by atoms with Crippen LogP contribution in [0.2, 0.25) is 0 Å². The number of halogens is 1. The molecule has 0 radical (unpaired) electrons. The quantitative estimate of drug-likeness (QED) is 0.154. The van der Waals surface area contributed by atoms with Crippen molar-refractivity contribution >= 4 is 26.2 Å². The second-order valence-electron chi connectivity index (χ2n) is 10.3. The topological polar surface area (TPSA) is 126 Å². The summed E-state index contributed by atoms with van der Waals surface area (Å²) in [5.41, 5.74) is -2.87. The zero-order valence-corrected chi connectivity index (χ0v) is 25.4. The minimum Gasteiger partial charge on any atom is -0.456 e. The number of nitrogens with zero attached hydrogens (tertiary/aromatic N) is 4. The van der Waals surface area contributed by atoms with Gasteiger partial charge in [-0.15, -0.1) is 0 Å². The van der Waals surface area contributed by atoms with E-state index in [1.807, 2.05) is 32.4 Å². The lowest BCUT2D eigenvalue weighted by Gasteiger charge is -2.36. The predicted octanol–water partition coefficient (Wildman–Crippen LogP) is 4.35. The maximum absolute atomic E-state index is 16.4. The Morgan fingerprint density at radius 2 is 1.88 bits per heavy atom. The fourth-order valence-electron chi connectivity index (χ4n) is 4.59. The van der Waals surface area contributed by atoms with E-state index in [4.69, 9.17) is 25.1 Å². The summed E-state index contributed by atoms with van der Waals surface area (Å²) in [5, 5.41) is 2.54. The maximum Gasteiger partial charge on any atom is 0.351 e. The molecule has 5 atom stereocenters. The Hall–Kier alpha value is -3.27. The molecule has 228 valence electrons. The Balaban J connectivity index is 1.84. The summed E-state index contributed by atoms with van der Waals surface area (Å²) in [4.78, 5) is 44.6. The minimum absolute atomic E-state index is 0.0234. The van der Waals surface area contributed by atoms with Crippen LogP contribution in [0.25, 0.3) is 4.85 Å². The van der Waals surface area contributed by atoms with Crippen molar-refractivity contribution in [2.24, 2.45) is 0 Å². The minimum atomic E-state index is -2.36. The number of ether oxygens (including phenoxy) is 2. The molecule has 0 spiro atoms. The van der Waals surface area contributed by atoms with Gasteiger partial charge in [-0.05, 0) is 52.8 Å². The highest BCUT2D eigenvalue weighted by atomic mass is 31.2. The fourth-order valence-corrected chi connectivity index (χ4v) is 6.20. The SMILES string of the molecule is [C-]#[N+]CCOP(OCC1OC(n2ccc(NC(=O)c3ccccc3)nc2=O)C(C)(F)C1OC(C)=O)N(C(C)C)C(C)C. The lowest BCUT2D eigenvalue weighted by molar-refractivity contribution is -0.155. The molecule has 1 aliphatic rings. The first kappa shape index (κ1) is 33.2. The molecule has 1 saturated heterocycles. The second kappa shape index (κ2) is 14.8. The van der Waals surface area contributed by atoms with Crippen LogP contribution in [-0.2, 0) is 23.3 Å². The van der Waals surface area contributed by atoms with Gasteiger partial charge >= 0.3 is 11.7 Å². The summed E-state index contributed by atoms with van der Waals surface area (Å²) >= 11 is 0. The van der Waals surface area contributed by atoms with Crippen molar-refractivity contribution in [1.82, 2.24) is 14.2 Å². The maximum atomic E-state index is 16.4. The van der Waals surface area contributed by atoms with E-state index in [1.165, 1.54) is 19.2 Å². The van der Waals surface area contributed by atoms with Crippen LogP contribution in [0.15, 0.2) is 47.4 Å². The zero-order valence-electron chi connectivity index (χ0n) is 24.5. The third-order valence-corrected chi connectivity index (χ3v) is 8.41. The molecular weight excluding hydrogens is 568 g/mol. The van der Waals surface area contributed by atoms with E-state index in [0.717, 1.165) is 11.5 Å². The van der Waals surface area contributed by atoms with E-state index in [1.54, 1.807) is 30.3 Å². The number of carbonyl (C=O) groups excluding carboxylic acids is 2. The fraction of sp³-hybridized carbons (Fsp3) is 0.536. The zero-order chi connectivity index (χ0) is 31.0. The molecule has 1 aliphatic heterocycles. The third-order valence-electron chi connectivity index (χ3n) is 6.33. The van der Waals surface area contributed by atoms with Crippen LogP contribution in [0.3, 0.4) is 0 Å². The van der Waals surface area contributed by atoms with Gasteiger partial charge in [0.05, 0.1) is 6.61 Å². The van der Waals surface area contributed by atoms with Crippen molar-refractivity contribution in [3.63, 3.8) is 0 Å². The predicted molar refractivity (Wildman–Crippen MR) is 154 cm³/mol. The van der Waals surface area contributed by atoms with Gasteiger partial charge in [0.25, 0.3) is 14.4 Å². The molecule has 1 N–H and O–H groups in total. The Bertz CT molecular complexity index is 1310. The first-order valence-corrected chi connectivity index (χ1v) is 14.6. The number of nitrogens with one attached hydrogen (secondary N) is 1. The molecule has 1 fully saturated rings. The number of benzene rings is 1. The number of amides is 1. The van der Waals surface area contributed by atoms with E-state index < -0.39 is 50.2 Å². The largest absolute Gasteiger partial charge is 0.456 e. The van der Waals surface area contributed by atoms with E-state index in [0.29, 0.717) is 5.56 Å². The van der Waals surface area contributed by atoms with Crippen molar-refractivity contribution in [1.29, 1.82) is 0 Å². The van der Waals surface area contributed by atoms with Gasteiger partial charge in [0.1, 0.15) is 18.5 Å². The average Bonchev–Trinajstić information content (AvgIpc) is 3.16. The molecule has 0 aliphatic carbocycles. The average molecular weight is 606 g/mol. The number of alkyl halides is 1. The van der Waals surface area contributed by atoms with Crippen LogP contribution in [0, 0.1) is 6.57 Å². The van der Waals surface area contributed by atoms with Crippen LogP contribution >= 0.6 is 8.53 Å². The highest BCUT2D eigenvalue weighted by molar-refractivity contribution is 7.44. The van der Waals surface area contributed by atoms with Gasteiger partial charge in [0.15, 0.2) is 18.0 Å². The van der Waals surface area contributed by atoms with Gasteiger partial charge in [0, 0.05) is 30.8 Å². The molecule has 2 heterocycles. The first-order chi connectivity index (χ1) is 19.9. The molecule has 42 heavy (non-hydrogen) atoms. The van der Waals surface area contributed by atoms with Crippen molar-refractivity contribution in [2.45, 2.75) is 77.7 Å². The van der Waals surface area contributed by atoms with Crippen LogP contribution in [-0.4, -0.2) is 75.8 Å². The summed E-state index contributed by atoms with van der Waals surface area (Å²) < 4.78 is 42.6. The Labute approximate surface area is 245 Å². The Morgan fingerprint density at radius 1 is 1.21 bits per heavy atom. The van der Waals surface area contributed by atoms with Gasteiger partial charge in [-0.25, -0.2) is 20.4 Å². The Morgan fingerprint density at radius 3 is 2.45 bits per heavy atom. The number of hydrogen-bond acceptors (Lipinski definition) is 9. The van der Waals surface area contributed by atoms with E-state index in [-0.39, 0.29) is 37.7 Å². The molecule has 2 aromatic rings. The molecule has 0 bridgehead atoms. The number of anilines is 1.